The molecule has 0 spiro atoms. The summed E-state index contributed by atoms with van der Waals surface area (Å²) in [5, 5.41) is 0. The maximum absolute atomic E-state index is 6.01. The van der Waals surface area contributed by atoms with Crippen molar-refractivity contribution < 1.29 is 9.47 Å². The van der Waals surface area contributed by atoms with Gasteiger partial charge in [0.1, 0.15) is 11.2 Å². The predicted molar refractivity (Wildman–Crippen MR) is 108 cm³/mol. The Balaban J connectivity index is 1.48. The molecule has 26 heavy (non-hydrogen) atoms. The number of halogens is 2. The second-order valence-electron chi connectivity index (χ2n) is 7.40. The van der Waals surface area contributed by atoms with Gasteiger partial charge in [0.2, 0.25) is 0 Å². The van der Waals surface area contributed by atoms with Gasteiger partial charge < -0.3 is 9.47 Å². The fourth-order valence-corrected chi connectivity index (χ4v) is 4.26. The molecule has 0 aliphatic carbocycles. The largest absolute Gasteiger partial charge is 0.486 e. The molecule has 1 atom stereocenters. The minimum absolute atomic E-state index is 0.0333. The maximum atomic E-state index is 6.01. The van der Waals surface area contributed by atoms with E-state index < -0.39 is 0 Å². The van der Waals surface area contributed by atoms with E-state index in [2.05, 4.69) is 73.2 Å². The van der Waals surface area contributed by atoms with Crippen molar-refractivity contribution in [2.75, 3.05) is 6.61 Å². The number of pyridine rings is 1. The molecule has 3 aromatic rings. The van der Waals surface area contributed by atoms with Crippen LogP contribution in [0.1, 0.15) is 26.5 Å². The average Bonchev–Trinajstić information content (AvgIpc) is 3.10. The molecule has 0 N–H and O–H groups in total. The van der Waals surface area contributed by atoms with Gasteiger partial charge in [-0.15, -0.1) is 0 Å². The average molecular weight is 481 g/mol. The zero-order valence-electron chi connectivity index (χ0n) is 14.8. The third-order valence-corrected chi connectivity index (χ3v) is 5.47. The van der Waals surface area contributed by atoms with E-state index in [1.165, 1.54) is 0 Å². The molecule has 0 amide bonds. The third kappa shape index (κ3) is 3.22. The van der Waals surface area contributed by atoms with Crippen molar-refractivity contribution in [3.8, 4) is 11.8 Å². The monoisotopic (exact) mass is 479 g/mol. The summed E-state index contributed by atoms with van der Waals surface area (Å²) in [5.74, 6) is 0.691. The van der Waals surface area contributed by atoms with Crippen molar-refractivity contribution in [2.45, 2.75) is 38.8 Å². The molecular formula is C19H19Br2N3O2. The van der Waals surface area contributed by atoms with Crippen molar-refractivity contribution >= 4 is 42.9 Å². The highest BCUT2D eigenvalue weighted by Crippen LogP contribution is 2.36. The number of hydrogen-bond donors (Lipinski definition) is 0. The van der Waals surface area contributed by atoms with Crippen LogP contribution in [0.25, 0.3) is 11.0 Å². The van der Waals surface area contributed by atoms with Crippen LogP contribution >= 0.6 is 31.9 Å². The third-order valence-electron chi connectivity index (χ3n) is 4.35. The van der Waals surface area contributed by atoms with Crippen LogP contribution < -0.4 is 9.47 Å². The van der Waals surface area contributed by atoms with E-state index in [0.29, 0.717) is 23.0 Å². The van der Waals surface area contributed by atoms with Gasteiger partial charge in [0.15, 0.2) is 11.9 Å². The van der Waals surface area contributed by atoms with Gasteiger partial charge in [-0.25, -0.2) is 4.98 Å². The molecule has 3 heterocycles. The van der Waals surface area contributed by atoms with Gasteiger partial charge >= 0.3 is 0 Å². The smallest absolute Gasteiger partial charge is 0.297 e. The molecule has 1 aliphatic heterocycles. The van der Waals surface area contributed by atoms with Crippen LogP contribution in [0.5, 0.6) is 11.8 Å². The molecule has 0 fully saturated rings. The Bertz CT molecular complexity index is 956. The van der Waals surface area contributed by atoms with E-state index in [1.54, 1.807) is 0 Å². The Morgan fingerprint density at radius 1 is 1.23 bits per heavy atom. The van der Waals surface area contributed by atoms with Gasteiger partial charge in [-0.2, -0.15) is 4.98 Å². The Morgan fingerprint density at radius 3 is 2.73 bits per heavy atom. The van der Waals surface area contributed by atoms with Crippen LogP contribution in [0.3, 0.4) is 0 Å². The van der Waals surface area contributed by atoms with E-state index in [1.807, 2.05) is 24.3 Å². The molecule has 0 unspecified atom stereocenters. The molecule has 0 bridgehead atoms. The first-order chi connectivity index (χ1) is 12.3. The van der Waals surface area contributed by atoms with E-state index in [-0.39, 0.29) is 11.5 Å². The summed E-state index contributed by atoms with van der Waals surface area (Å²) in [6.45, 7) is 7.54. The number of ether oxygens (including phenoxy) is 2. The van der Waals surface area contributed by atoms with Crippen LogP contribution in [0.2, 0.25) is 0 Å². The van der Waals surface area contributed by atoms with Crippen LogP contribution in [0.4, 0.5) is 0 Å². The van der Waals surface area contributed by atoms with Crippen molar-refractivity contribution in [1.82, 2.24) is 14.5 Å². The summed E-state index contributed by atoms with van der Waals surface area (Å²) in [5.41, 5.74) is 3.00. The van der Waals surface area contributed by atoms with Gasteiger partial charge in [0, 0.05) is 11.1 Å². The van der Waals surface area contributed by atoms with Gasteiger partial charge in [0.05, 0.1) is 22.1 Å². The topological polar surface area (TPSA) is 49.2 Å². The van der Waals surface area contributed by atoms with Crippen LogP contribution in [-0.4, -0.2) is 27.2 Å². The van der Waals surface area contributed by atoms with E-state index >= 15 is 0 Å². The minimum Gasteiger partial charge on any atom is -0.486 e. The second kappa shape index (κ2) is 6.53. The van der Waals surface area contributed by atoms with Crippen molar-refractivity contribution in [2.24, 2.45) is 0 Å². The first-order valence-electron chi connectivity index (χ1n) is 8.44. The molecule has 0 radical (unpaired) electrons. The van der Waals surface area contributed by atoms with E-state index in [0.717, 1.165) is 27.7 Å². The number of fused-ring (bicyclic) bond motifs is 3. The summed E-state index contributed by atoms with van der Waals surface area (Å²) in [6, 6.07) is 10.7. The zero-order valence-corrected chi connectivity index (χ0v) is 18.0. The zero-order chi connectivity index (χ0) is 18.5. The standard InChI is InChI=1S/C19H19Br2N3O2/c1-19(2,3)15-8-12(20)16(17(21)23-15)25-10-11-9-24-14-7-5-4-6-13(14)22-18(24)26-11/h4-8,11H,9-10H2,1-3H3/t11-/m0/s1. The van der Waals surface area contributed by atoms with Gasteiger partial charge in [-0.1, -0.05) is 32.9 Å². The van der Waals surface area contributed by atoms with Gasteiger partial charge in [-0.3, -0.25) is 4.57 Å². The molecule has 2 aromatic heterocycles. The quantitative estimate of drug-likeness (QED) is 0.489. The molecular weight excluding hydrogens is 462 g/mol. The minimum atomic E-state index is -0.0804. The lowest BCUT2D eigenvalue weighted by Crippen LogP contribution is -2.24. The molecule has 136 valence electrons. The predicted octanol–water partition coefficient (Wildman–Crippen LogP) is 5.09. The molecule has 0 saturated heterocycles. The fraction of sp³-hybridized carbons (Fsp3) is 0.368. The molecule has 1 aliphatic rings. The highest BCUT2D eigenvalue weighted by atomic mass is 79.9. The summed E-state index contributed by atoms with van der Waals surface area (Å²) >= 11 is 7.13. The molecule has 7 heteroatoms. The SMILES string of the molecule is CC(C)(C)c1cc(Br)c(OC[C@@H]2Cn3c(nc4ccccc43)O2)c(Br)n1. The number of hydrogen-bond acceptors (Lipinski definition) is 4. The normalized spacial score (nSPS) is 16.6. The van der Waals surface area contributed by atoms with E-state index in [9.17, 15) is 0 Å². The summed E-state index contributed by atoms with van der Waals surface area (Å²) < 4.78 is 15.6. The Hall–Kier alpha value is -1.60. The van der Waals surface area contributed by atoms with Crippen LogP contribution in [0, 0.1) is 0 Å². The Labute approximate surface area is 169 Å². The van der Waals surface area contributed by atoms with Crippen LogP contribution in [0.15, 0.2) is 39.4 Å². The molecule has 1 aromatic carbocycles. The number of para-hydroxylation sites is 2. The Kier molecular flexibility index (Phi) is 4.47. The van der Waals surface area contributed by atoms with Gasteiger partial charge in [0.25, 0.3) is 6.01 Å². The first kappa shape index (κ1) is 17.8. The highest BCUT2D eigenvalue weighted by molar-refractivity contribution is 9.11. The van der Waals surface area contributed by atoms with Crippen molar-refractivity contribution in [3.05, 3.63) is 45.1 Å². The van der Waals surface area contributed by atoms with Gasteiger partial charge in [-0.05, 0) is 50.1 Å². The van der Waals surface area contributed by atoms with E-state index in [4.69, 9.17) is 9.47 Å². The second-order valence-corrected chi connectivity index (χ2v) is 9.01. The highest BCUT2D eigenvalue weighted by Gasteiger charge is 2.28. The number of imidazole rings is 1. The number of benzene rings is 1. The lowest BCUT2D eigenvalue weighted by atomic mass is 9.92. The van der Waals surface area contributed by atoms with Crippen LogP contribution in [-0.2, 0) is 12.0 Å². The number of nitrogens with zero attached hydrogens (tertiary/aromatic N) is 3. The number of rotatable bonds is 3. The van der Waals surface area contributed by atoms with Crippen molar-refractivity contribution in [3.63, 3.8) is 0 Å². The first-order valence-corrected chi connectivity index (χ1v) is 10.0. The lowest BCUT2D eigenvalue weighted by Gasteiger charge is -2.20. The lowest BCUT2D eigenvalue weighted by molar-refractivity contribution is 0.142. The molecule has 5 nitrogen and oxygen atoms in total. The van der Waals surface area contributed by atoms with Crippen molar-refractivity contribution in [1.29, 1.82) is 0 Å². The summed E-state index contributed by atoms with van der Waals surface area (Å²) in [4.78, 5) is 9.15. The molecule has 0 saturated carbocycles. The summed E-state index contributed by atoms with van der Waals surface area (Å²) in [6.07, 6.45) is -0.0804. The maximum Gasteiger partial charge on any atom is 0.297 e. The Morgan fingerprint density at radius 2 is 2.00 bits per heavy atom. The number of aromatic nitrogens is 3. The fourth-order valence-electron chi connectivity index (χ4n) is 2.96. The summed E-state index contributed by atoms with van der Waals surface area (Å²) in [7, 11) is 0. The molecule has 4 rings (SSSR count).